The molecule has 0 amide bonds. The van der Waals surface area contributed by atoms with Gasteiger partial charge in [-0.3, -0.25) is 0 Å². The van der Waals surface area contributed by atoms with Crippen molar-refractivity contribution in [1.82, 2.24) is 0 Å². The van der Waals surface area contributed by atoms with Crippen molar-refractivity contribution in [3.63, 3.8) is 0 Å². The van der Waals surface area contributed by atoms with Crippen LogP contribution in [0.2, 0.25) is 0 Å². The molecule has 0 atom stereocenters. The number of aryl methyl sites for hydroxylation is 1. The van der Waals surface area contributed by atoms with Gasteiger partial charge in [-0.1, -0.05) is 192 Å². The molecule has 0 saturated carbocycles. The van der Waals surface area contributed by atoms with Gasteiger partial charge in [0.1, 0.15) is 0 Å². The maximum Gasteiger partial charge on any atom is 0.181 e. The molecule has 0 N–H and O–H groups in total. The van der Waals surface area contributed by atoms with E-state index < -0.39 is 9.84 Å². The highest BCUT2D eigenvalue weighted by molar-refractivity contribution is 7.91. The van der Waals surface area contributed by atoms with Gasteiger partial charge < -0.3 is 0 Å². The van der Waals surface area contributed by atoms with Crippen LogP contribution in [0.5, 0.6) is 0 Å². The SMILES string of the molecule is CC(C)=CCC/C(C)=C/CC/C(C)=C/CC/C(C)=C\CC/C(C)=C\CC/C(C)=C\CC/C(C)=C\CC/C(C)=C\CC/C(C)=C\CC/C(C)=C\CC/C(C)=C\CC/C(C)=C\CC/C(C)=C\CC/C(C)=C\CC/C(C)=C\CS(=O)(=O)c1ccc(C)cc1. The quantitative estimate of drug-likeness (QED) is 0.0610. The fraction of sp³-hybridized carbons (Fsp3) is 0.561. The van der Waals surface area contributed by atoms with Gasteiger partial charge >= 0.3 is 0 Å². The summed E-state index contributed by atoms with van der Waals surface area (Å²) < 4.78 is 25.4. The van der Waals surface area contributed by atoms with Crippen LogP contribution in [-0.4, -0.2) is 14.2 Å². The molecule has 85 heavy (non-hydrogen) atoms. The molecule has 0 unspecified atom stereocenters. The maximum atomic E-state index is 12.7. The average molecular weight is 1180 g/mol. The second-order valence-electron chi connectivity index (χ2n) is 26.1. The van der Waals surface area contributed by atoms with E-state index in [2.05, 4.69) is 189 Å². The second-order valence-corrected chi connectivity index (χ2v) is 28.2. The first-order chi connectivity index (χ1) is 40.4. The lowest BCUT2D eigenvalue weighted by atomic mass is 10.0. The standard InChI is InChI=1S/C82H128O2S/c1-66(2)32-18-33-67(3)34-19-35-68(4)36-20-37-69(5)38-21-39-70(6)40-22-41-71(7)42-23-43-72(8)44-24-45-73(9)46-25-47-74(10)48-26-49-75(11)50-27-51-76(12)52-28-53-77(13)54-29-55-78(14)56-30-57-79(15)58-31-59-80(16)64-65-85(83,84)82-62-60-81(17)61-63-82/h32,34,36,38,40,42,44,46,48,50,52,54,56,58,60-64H,18-31,33,35,37,39,41,43,45,47,49,51,53,55,57,59,65H2,1-17H3/b67-34+,68-36+,69-38-,70-40-,71-42-,72-44-,73-46-,74-48-,75-50-,76-52-,77-54-,78-56-,79-58-,80-64-. The smallest absolute Gasteiger partial charge is 0.181 e. The van der Waals surface area contributed by atoms with Gasteiger partial charge in [0.15, 0.2) is 9.84 Å². The zero-order valence-electron chi connectivity index (χ0n) is 58.2. The van der Waals surface area contributed by atoms with Crippen molar-refractivity contribution in [3.05, 3.63) is 205 Å². The van der Waals surface area contributed by atoms with Crippen LogP contribution in [0.15, 0.2) is 204 Å². The van der Waals surface area contributed by atoms with Gasteiger partial charge in [-0.05, 0) is 310 Å². The summed E-state index contributed by atoms with van der Waals surface area (Å²) >= 11 is 0. The molecular weight excluding hydrogens is 1050 g/mol. The van der Waals surface area contributed by atoms with Gasteiger partial charge in [-0.2, -0.15) is 0 Å². The summed E-state index contributed by atoms with van der Waals surface area (Å²) in [6.45, 7) is 38.2. The molecule has 0 heterocycles. The molecule has 0 spiro atoms. The van der Waals surface area contributed by atoms with E-state index in [-0.39, 0.29) is 5.75 Å². The molecule has 0 aromatic heterocycles. The van der Waals surface area contributed by atoms with Crippen molar-refractivity contribution in [2.24, 2.45) is 0 Å². The van der Waals surface area contributed by atoms with Crippen LogP contribution in [0.3, 0.4) is 0 Å². The van der Waals surface area contributed by atoms with Gasteiger partial charge in [0, 0.05) is 0 Å². The van der Waals surface area contributed by atoms with Crippen molar-refractivity contribution in [2.75, 3.05) is 5.75 Å². The van der Waals surface area contributed by atoms with Crippen LogP contribution in [0.25, 0.3) is 0 Å². The second kappa shape index (κ2) is 48.3. The van der Waals surface area contributed by atoms with Crippen LogP contribution in [0, 0.1) is 6.92 Å². The molecular formula is C82H128O2S. The minimum atomic E-state index is -3.29. The summed E-state index contributed by atoms with van der Waals surface area (Å²) in [5, 5.41) is 0. The minimum Gasteiger partial charge on any atom is -0.223 e. The molecule has 0 aliphatic carbocycles. The molecule has 0 fully saturated rings. The predicted molar refractivity (Wildman–Crippen MR) is 385 cm³/mol. The Balaban J connectivity index is 2.24. The molecule has 1 rings (SSSR count). The summed E-state index contributed by atoms with van der Waals surface area (Å²) in [7, 11) is -3.29. The van der Waals surface area contributed by atoms with Crippen LogP contribution < -0.4 is 0 Å². The van der Waals surface area contributed by atoms with E-state index in [9.17, 15) is 8.42 Å². The molecule has 3 heteroatoms. The van der Waals surface area contributed by atoms with Crippen LogP contribution in [-0.2, 0) is 9.84 Å². The molecule has 0 radical (unpaired) electrons. The monoisotopic (exact) mass is 1180 g/mol. The van der Waals surface area contributed by atoms with E-state index in [4.69, 9.17) is 0 Å². The first-order valence-electron chi connectivity index (χ1n) is 33.6. The molecule has 0 aliphatic rings. The third-order valence-corrected chi connectivity index (χ3v) is 18.1. The Bertz CT molecular complexity index is 2670. The first kappa shape index (κ1) is 78.3. The Kier molecular flexibility index (Phi) is 44.5. The number of sulfone groups is 1. The van der Waals surface area contributed by atoms with Crippen LogP contribution >= 0.6 is 0 Å². The van der Waals surface area contributed by atoms with Gasteiger partial charge in [0.05, 0.1) is 10.6 Å². The zero-order chi connectivity index (χ0) is 63.3. The van der Waals surface area contributed by atoms with Gasteiger partial charge in [-0.15, -0.1) is 0 Å². The van der Waals surface area contributed by atoms with Crippen molar-refractivity contribution >= 4 is 9.84 Å². The van der Waals surface area contributed by atoms with Gasteiger partial charge in [-0.25, -0.2) is 8.42 Å². The minimum absolute atomic E-state index is 0.0603. The summed E-state index contributed by atoms with van der Waals surface area (Å²) in [5.41, 5.74) is 23.2. The number of hydrogen-bond acceptors (Lipinski definition) is 2. The average Bonchev–Trinajstić information content (AvgIpc) is 3.65. The highest BCUT2D eigenvalue weighted by atomic mass is 32.2. The number of hydrogen-bond donors (Lipinski definition) is 0. The Morgan fingerprint density at radius 1 is 0.247 bits per heavy atom. The maximum absolute atomic E-state index is 12.7. The Morgan fingerprint density at radius 2 is 0.400 bits per heavy atom. The Morgan fingerprint density at radius 3 is 0.565 bits per heavy atom. The van der Waals surface area contributed by atoms with Gasteiger partial charge in [0.25, 0.3) is 0 Å². The van der Waals surface area contributed by atoms with E-state index in [0.717, 1.165) is 146 Å². The molecule has 0 aliphatic heterocycles. The summed E-state index contributed by atoms with van der Waals surface area (Å²) in [6, 6.07) is 7.12. The molecule has 474 valence electrons. The van der Waals surface area contributed by atoms with Crippen molar-refractivity contribution in [3.8, 4) is 0 Å². The summed E-state index contributed by atoms with van der Waals surface area (Å²) in [5.74, 6) is 0.0603. The van der Waals surface area contributed by atoms with Crippen molar-refractivity contribution in [2.45, 2.75) is 302 Å². The zero-order valence-corrected chi connectivity index (χ0v) is 59.0. The molecule has 1 aromatic carbocycles. The third kappa shape index (κ3) is 46.1. The number of rotatable bonds is 45. The number of benzene rings is 1. The fourth-order valence-corrected chi connectivity index (χ4v) is 11.5. The molecule has 0 saturated heterocycles. The van der Waals surface area contributed by atoms with E-state index in [0.29, 0.717) is 4.90 Å². The first-order valence-corrected chi connectivity index (χ1v) is 35.2. The summed E-state index contributed by atoms with van der Waals surface area (Å²) in [4.78, 5) is 0.399. The molecule has 2 nitrogen and oxygen atoms in total. The largest absolute Gasteiger partial charge is 0.223 e. The Hall–Kier alpha value is -4.73. The molecule has 1 aromatic rings. The lowest BCUT2D eigenvalue weighted by Gasteiger charge is -2.05. The predicted octanol–water partition coefficient (Wildman–Crippen LogP) is 26.9. The number of allylic oxidation sites excluding steroid dienone is 29. The highest BCUT2D eigenvalue weighted by Gasteiger charge is 2.12. The Labute approximate surface area is 527 Å². The van der Waals surface area contributed by atoms with E-state index in [1.807, 2.05) is 32.1 Å². The summed E-state index contributed by atoms with van der Waals surface area (Å²) in [6.07, 6.45) is 67.7. The van der Waals surface area contributed by atoms with Gasteiger partial charge in [0.2, 0.25) is 0 Å². The third-order valence-electron chi connectivity index (χ3n) is 16.5. The lowest BCUT2D eigenvalue weighted by molar-refractivity contribution is 0.599. The molecule has 0 bridgehead atoms. The topological polar surface area (TPSA) is 34.1 Å². The van der Waals surface area contributed by atoms with Crippen molar-refractivity contribution < 1.29 is 8.42 Å². The van der Waals surface area contributed by atoms with Crippen molar-refractivity contribution in [1.29, 1.82) is 0 Å². The van der Waals surface area contributed by atoms with Crippen LogP contribution in [0.1, 0.15) is 296 Å². The van der Waals surface area contributed by atoms with Crippen LogP contribution in [0.4, 0.5) is 0 Å². The normalized spacial score (nSPS) is 15.0. The van der Waals surface area contributed by atoms with E-state index in [1.54, 1.807) is 12.1 Å². The van der Waals surface area contributed by atoms with E-state index >= 15 is 0 Å². The fourth-order valence-electron chi connectivity index (χ4n) is 10.2. The lowest BCUT2D eigenvalue weighted by Crippen LogP contribution is -2.05. The highest BCUT2D eigenvalue weighted by Crippen LogP contribution is 2.22. The van der Waals surface area contributed by atoms with E-state index in [1.165, 1.54) is 123 Å².